The first-order chi connectivity index (χ1) is 17.6. The molecule has 0 radical (unpaired) electrons. The Hall–Kier alpha value is -1.79. The molecule has 2 heterocycles. The van der Waals surface area contributed by atoms with E-state index in [4.69, 9.17) is 4.74 Å². The fourth-order valence-corrected chi connectivity index (χ4v) is 4.77. The van der Waals surface area contributed by atoms with Crippen molar-refractivity contribution in [2.75, 3.05) is 32.8 Å². The lowest BCUT2D eigenvalue weighted by Gasteiger charge is -2.43. The zero-order valence-electron chi connectivity index (χ0n) is 24.9. The molecule has 208 valence electrons. The fraction of sp³-hybridized carbons (Fsp3) is 0.548. The van der Waals surface area contributed by atoms with Gasteiger partial charge in [-0.05, 0) is 24.6 Å². The van der Waals surface area contributed by atoms with Crippen LogP contribution in [-0.4, -0.2) is 51.9 Å². The summed E-state index contributed by atoms with van der Waals surface area (Å²) in [5.41, 5.74) is 0.914. The van der Waals surface area contributed by atoms with Gasteiger partial charge in [0.25, 0.3) is 0 Å². The summed E-state index contributed by atoms with van der Waals surface area (Å²) in [6, 6.07) is 0. The molecule has 1 unspecified atom stereocenters. The molecule has 0 saturated carbocycles. The number of rotatable bonds is 9. The van der Waals surface area contributed by atoms with Crippen LogP contribution < -0.4 is 0 Å². The van der Waals surface area contributed by atoms with Gasteiger partial charge >= 0.3 is 0 Å². The van der Waals surface area contributed by atoms with Gasteiger partial charge in [-0.3, -0.25) is 4.90 Å². The molecule has 0 bridgehead atoms. The van der Waals surface area contributed by atoms with E-state index in [-0.39, 0.29) is 5.72 Å². The lowest BCUT2D eigenvalue weighted by molar-refractivity contribution is -0.107. The Bertz CT molecular complexity index is 712. The zero-order valence-corrected chi connectivity index (χ0v) is 25.7. The molecule has 36 heavy (non-hydrogen) atoms. The van der Waals surface area contributed by atoms with Gasteiger partial charge in [0, 0.05) is 39.0 Å². The van der Waals surface area contributed by atoms with E-state index in [0.29, 0.717) is 0 Å². The molecule has 0 aromatic rings. The third-order valence-electron chi connectivity index (χ3n) is 5.07. The standard InChI is InChI=1S/C23H32N2O2S.4C2H6/c1-5-9-12-21(8-4)20-24-18-19-27-23(24)14-16-25(17-15-23)28(26)22(11-7-3)13-10-6-2;4*1-2/h5-13H,2-4,14-20H2,1H3;4*1-2H3/b9-5-,13-10-,21-12+,22-11+;;;;. The number of ether oxygens (including phenoxy) is 1. The topological polar surface area (TPSA) is 32.8 Å². The van der Waals surface area contributed by atoms with E-state index in [9.17, 15) is 4.21 Å². The molecule has 4 nitrogen and oxygen atoms in total. The van der Waals surface area contributed by atoms with Crippen molar-refractivity contribution in [3.63, 3.8) is 0 Å². The summed E-state index contributed by atoms with van der Waals surface area (Å²) in [7, 11) is -1.21. The second-order valence-corrected chi connectivity index (χ2v) is 8.25. The van der Waals surface area contributed by atoms with E-state index in [1.54, 1.807) is 24.3 Å². The molecule has 0 N–H and O–H groups in total. The molecular formula is C31H56N2O2S. The maximum absolute atomic E-state index is 13.0. The van der Waals surface area contributed by atoms with Gasteiger partial charge in [0.1, 0.15) is 16.7 Å². The van der Waals surface area contributed by atoms with Gasteiger partial charge in [-0.2, -0.15) is 0 Å². The second-order valence-electron chi connectivity index (χ2n) is 6.77. The van der Waals surface area contributed by atoms with Crippen LogP contribution in [0.2, 0.25) is 0 Å². The van der Waals surface area contributed by atoms with Crippen LogP contribution in [0, 0.1) is 0 Å². The van der Waals surface area contributed by atoms with Crippen LogP contribution in [0.15, 0.2) is 84.9 Å². The van der Waals surface area contributed by atoms with Gasteiger partial charge in [0.15, 0.2) is 0 Å². The van der Waals surface area contributed by atoms with E-state index in [0.717, 1.165) is 50.5 Å². The lowest BCUT2D eigenvalue weighted by atomic mass is 9.99. The van der Waals surface area contributed by atoms with Gasteiger partial charge < -0.3 is 4.74 Å². The SMILES string of the molecule is C=C/C=C\C(=C/C=C)S(=O)N1CCC2(CC1)OCCN2C/C(C=C)=C/C=C\C.CC.CC.CC.CC. The largest absolute Gasteiger partial charge is 0.359 e. The molecule has 2 fully saturated rings. The first kappa shape index (κ1) is 38.7. The summed E-state index contributed by atoms with van der Waals surface area (Å²) in [6.45, 7) is 33.3. The first-order valence-electron chi connectivity index (χ1n) is 13.7. The number of allylic oxidation sites excluding steroid dienone is 8. The van der Waals surface area contributed by atoms with Crippen molar-refractivity contribution >= 4 is 11.0 Å². The van der Waals surface area contributed by atoms with E-state index in [1.165, 1.54) is 5.57 Å². The molecule has 2 rings (SSSR count). The summed E-state index contributed by atoms with van der Waals surface area (Å²) in [4.78, 5) is 3.14. The Morgan fingerprint density at radius 2 is 1.47 bits per heavy atom. The number of hydrogen-bond acceptors (Lipinski definition) is 3. The fourth-order valence-electron chi connectivity index (χ4n) is 3.55. The molecule has 1 atom stereocenters. The van der Waals surface area contributed by atoms with Crippen molar-refractivity contribution in [2.45, 2.75) is 80.9 Å². The molecule has 5 heteroatoms. The van der Waals surface area contributed by atoms with Crippen molar-refractivity contribution < 1.29 is 8.95 Å². The van der Waals surface area contributed by atoms with Crippen molar-refractivity contribution in [1.82, 2.24) is 9.21 Å². The molecule has 2 aliphatic heterocycles. The maximum Gasteiger partial charge on any atom is 0.127 e. The van der Waals surface area contributed by atoms with Crippen LogP contribution in [0.25, 0.3) is 0 Å². The van der Waals surface area contributed by atoms with Gasteiger partial charge in [0.2, 0.25) is 0 Å². The number of piperidine rings is 1. The average molecular weight is 521 g/mol. The van der Waals surface area contributed by atoms with Crippen LogP contribution in [0.4, 0.5) is 0 Å². The highest BCUT2D eigenvalue weighted by Gasteiger charge is 2.45. The molecular weight excluding hydrogens is 464 g/mol. The van der Waals surface area contributed by atoms with Crippen molar-refractivity contribution in [3.05, 3.63) is 84.9 Å². The lowest BCUT2D eigenvalue weighted by Crippen LogP contribution is -2.53. The normalized spacial score (nSPS) is 18.5. The minimum absolute atomic E-state index is 0.266. The number of nitrogens with zero attached hydrogens (tertiary/aromatic N) is 2. The van der Waals surface area contributed by atoms with E-state index in [2.05, 4.69) is 30.7 Å². The summed E-state index contributed by atoms with van der Waals surface area (Å²) >= 11 is 0. The van der Waals surface area contributed by atoms with Crippen LogP contribution in [0.1, 0.15) is 75.2 Å². The van der Waals surface area contributed by atoms with E-state index < -0.39 is 11.0 Å². The summed E-state index contributed by atoms with van der Waals surface area (Å²) < 4.78 is 21.2. The van der Waals surface area contributed by atoms with Crippen LogP contribution in [-0.2, 0) is 15.7 Å². The minimum Gasteiger partial charge on any atom is -0.359 e. The zero-order chi connectivity index (χ0) is 28.4. The molecule has 2 aliphatic rings. The Kier molecular flexibility index (Phi) is 28.3. The molecule has 0 amide bonds. The summed E-state index contributed by atoms with van der Waals surface area (Å²) in [5, 5.41) is 0. The Morgan fingerprint density at radius 1 is 0.889 bits per heavy atom. The van der Waals surface area contributed by atoms with Crippen LogP contribution in [0.5, 0.6) is 0 Å². The third kappa shape index (κ3) is 13.5. The third-order valence-corrected chi connectivity index (χ3v) is 6.57. The Balaban J connectivity index is -0.00000124. The molecule has 0 aromatic carbocycles. The monoisotopic (exact) mass is 520 g/mol. The molecule has 0 aromatic heterocycles. The van der Waals surface area contributed by atoms with Crippen molar-refractivity contribution in [1.29, 1.82) is 0 Å². The van der Waals surface area contributed by atoms with Crippen molar-refractivity contribution in [2.24, 2.45) is 0 Å². The van der Waals surface area contributed by atoms with Gasteiger partial charge in [-0.1, -0.05) is 118 Å². The summed E-state index contributed by atoms with van der Waals surface area (Å²) in [5.74, 6) is 0. The van der Waals surface area contributed by atoms with E-state index in [1.807, 2.05) is 90.9 Å². The Morgan fingerprint density at radius 3 is 1.94 bits per heavy atom. The average Bonchev–Trinajstić information content (AvgIpc) is 3.34. The highest BCUT2D eigenvalue weighted by Crippen LogP contribution is 2.35. The van der Waals surface area contributed by atoms with Crippen LogP contribution >= 0.6 is 0 Å². The second kappa shape index (κ2) is 26.3. The predicted octanol–water partition coefficient (Wildman–Crippen LogP) is 8.38. The van der Waals surface area contributed by atoms with E-state index >= 15 is 0 Å². The van der Waals surface area contributed by atoms with Gasteiger partial charge in [-0.25, -0.2) is 8.51 Å². The maximum atomic E-state index is 13.0. The smallest absolute Gasteiger partial charge is 0.127 e. The minimum atomic E-state index is -1.21. The predicted molar refractivity (Wildman–Crippen MR) is 165 cm³/mol. The van der Waals surface area contributed by atoms with Crippen LogP contribution in [0.3, 0.4) is 0 Å². The molecule has 2 saturated heterocycles. The highest BCUT2D eigenvalue weighted by atomic mass is 32.2. The van der Waals surface area contributed by atoms with Crippen molar-refractivity contribution in [3.8, 4) is 0 Å². The molecule has 0 aliphatic carbocycles. The van der Waals surface area contributed by atoms with Gasteiger partial charge in [-0.15, -0.1) is 0 Å². The highest BCUT2D eigenvalue weighted by molar-refractivity contribution is 7.86. The van der Waals surface area contributed by atoms with Gasteiger partial charge in [0.05, 0.1) is 11.5 Å². The molecule has 1 spiro atoms. The quantitative estimate of drug-likeness (QED) is 0.286. The first-order valence-corrected chi connectivity index (χ1v) is 14.8. The Labute approximate surface area is 227 Å². The number of hydrogen-bond donors (Lipinski definition) is 0. The summed E-state index contributed by atoms with van der Waals surface area (Å²) in [6.07, 6.45) is 18.5.